The first-order valence-corrected chi connectivity index (χ1v) is 13.1. The predicted molar refractivity (Wildman–Crippen MR) is 149 cm³/mol. The van der Waals surface area contributed by atoms with Crippen LogP contribution < -0.4 is 10.6 Å². The maximum absolute atomic E-state index is 14.3. The van der Waals surface area contributed by atoms with E-state index in [1.165, 1.54) is 6.07 Å². The van der Waals surface area contributed by atoms with Gasteiger partial charge in [0.05, 0.1) is 29.6 Å². The first-order valence-electron chi connectivity index (χ1n) is 12.7. The van der Waals surface area contributed by atoms with Crippen LogP contribution in [0.4, 0.5) is 15.0 Å². The number of nitrogens with zero attached hydrogens (tertiary/aromatic N) is 5. The Morgan fingerprint density at radius 2 is 2.00 bits per heavy atom. The number of hydrogen-bond donors (Lipinski definition) is 2. The molecule has 2 aromatic carbocycles. The molecular formula is C28H31ClFN7O2. The van der Waals surface area contributed by atoms with Gasteiger partial charge in [-0.15, -0.1) is 0 Å². The van der Waals surface area contributed by atoms with Crippen molar-refractivity contribution in [2.45, 2.75) is 18.9 Å². The molecule has 1 saturated heterocycles. The van der Waals surface area contributed by atoms with Gasteiger partial charge in [0.15, 0.2) is 0 Å². The summed E-state index contributed by atoms with van der Waals surface area (Å²) in [7, 11) is 3.50. The fourth-order valence-electron chi connectivity index (χ4n) is 5.04. The highest BCUT2D eigenvalue weighted by molar-refractivity contribution is 6.30. The molecule has 9 nitrogen and oxygen atoms in total. The first-order chi connectivity index (χ1) is 18.8. The SMILES string of the molecule is COCCN1C[C@@H](NC(=O)Nc2c(C)c(-c3cnn(C)c3)nn2-c2ccccc2)[C@H](c2ccc(Cl)c(F)c2)C1. The fraction of sp³-hybridized carbons (Fsp3) is 0.321. The molecule has 3 heterocycles. The number of para-hydroxylation sites is 1. The molecule has 2 N–H and O–H groups in total. The number of anilines is 1. The zero-order valence-electron chi connectivity index (χ0n) is 22.1. The van der Waals surface area contributed by atoms with Gasteiger partial charge in [-0.3, -0.25) is 14.9 Å². The molecular weight excluding hydrogens is 521 g/mol. The van der Waals surface area contributed by atoms with Crippen molar-refractivity contribution in [3.8, 4) is 16.9 Å². The van der Waals surface area contributed by atoms with Crippen molar-refractivity contribution in [1.82, 2.24) is 29.8 Å². The Hall–Kier alpha value is -3.73. The lowest BCUT2D eigenvalue weighted by Crippen LogP contribution is -2.42. The van der Waals surface area contributed by atoms with Crippen LogP contribution in [0.25, 0.3) is 16.9 Å². The van der Waals surface area contributed by atoms with Crippen molar-refractivity contribution >= 4 is 23.4 Å². The molecule has 11 heteroatoms. The molecule has 1 aliphatic heterocycles. The summed E-state index contributed by atoms with van der Waals surface area (Å²) < 4.78 is 23.0. The topological polar surface area (TPSA) is 89.2 Å². The van der Waals surface area contributed by atoms with Crippen LogP contribution in [0.1, 0.15) is 17.0 Å². The van der Waals surface area contributed by atoms with Gasteiger partial charge in [-0.25, -0.2) is 13.9 Å². The molecule has 2 aromatic heterocycles. The van der Waals surface area contributed by atoms with E-state index in [0.29, 0.717) is 32.1 Å². The van der Waals surface area contributed by atoms with E-state index >= 15 is 0 Å². The van der Waals surface area contributed by atoms with Crippen LogP contribution in [0.15, 0.2) is 60.9 Å². The lowest BCUT2D eigenvalue weighted by atomic mass is 9.94. The number of likely N-dealkylation sites (tertiary alicyclic amines) is 1. The second kappa shape index (κ2) is 11.6. The Labute approximate surface area is 231 Å². The number of carbonyl (C=O) groups excluding carboxylic acids is 1. The molecule has 0 radical (unpaired) electrons. The molecule has 0 aliphatic carbocycles. The summed E-state index contributed by atoms with van der Waals surface area (Å²) in [5.41, 5.74) is 3.98. The van der Waals surface area contributed by atoms with Crippen LogP contribution in [-0.4, -0.2) is 69.9 Å². The predicted octanol–water partition coefficient (Wildman–Crippen LogP) is 4.61. The largest absolute Gasteiger partial charge is 0.383 e. The van der Waals surface area contributed by atoms with Crippen molar-refractivity contribution in [3.63, 3.8) is 0 Å². The number of hydrogen-bond acceptors (Lipinski definition) is 5. The number of amides is 2. The van der Waals surface area contributed by atoms with Gasteiger partial charge in [-0.05, 0) is 36.8 Å². The monoisotopic (exact) mass is 551 g/mol. The number of ether oxygens (including phenoxy) is 1. The Kier molecular flexibility index (Phi) is 7.97. The molecule has 0 bridgehead atoms. The Bertz CT molecular complexity index is 1460. The maximum Gasteiger partial charge on any atom is 0.320 e. The van der Waals surface area contributed by atoms with Gasteiger partial charge in [-0.2, -0.15) is 10.2 Å². The fourth-order valence-corrected chi connectivity index (χ4v) is 5.16. The van der Waals surface area contributed by atoms with Crippen molar-refractivity contribution in [2.24, 2.45) is 7.05 Å². The number of methoxy groups -OCH3 is 1. The van der Waals surface area contributed by atoms with E-state index in [1.54, 1.807) is 28.7 Å². The summed E-state index contributed by atoms with van der Waals surface area (Å²) in [6.45, 7) is 4.45. The number of urea groups is 1. The standard InChI is InChI=1S/C28H31ClFN7O2/c1-18-26(20-14-31-35(2)15-20)34-37(21-7-5-4-6-8-21)27(18)33-28(38)32-25-17-36(11-12-39-3)16-22(25)19-9-10-23(29)24(30)13-19/h4-10,13-15,22,25H,11-12,16-17H2,1-3H3,(H2,32,33,38)/t22-,25+/m0/s1. The smallest absolute Gasteiger partial charge is 0.320 e. The minimum absolute atomic E-state index is 0.0734. The molecule has 204 valence electrons. The van der Waals surface area contributed by atoms with Crippen LogP contribution in [-0.2, 0) is 11.8 Å². The molecule has 5 rings (SSSR count). The first kappa shape index (κ1) is 26.9. The van der Waals surface area contributed by atoms with E-state index in [1.807, 2.05) is 56.6 Å². The highest BCUT2D eigenvalue weighted by Crippen LogP contribution is 2.32. The number of nitrogens with one attached hydrogen (secondary N) is 2. The molecule has 0 spiro atoms. The lowest BCUT2D eigenvalue weighted by Gasteiger charge is -2.21. The summed E-state index contributed by atoms with van der Waals surface area (Å²) in [5.74, 6) is -0.0376. The van der Waals surface area contributed by atoms with E-state index in [4.69, 9.17) is 21.4 Å². The number of halogens is 2. The van der Waals surface area contributed by atoms with Crippen molar-refractivity contribution in [1.29, 1.82) is 0 Å². The maximum atomic E-state index is 14.3. The summed E-state index contributed by atoms with van der Waals surface area (Å²) in [4.78, 5) is 15.7. The number of aryl methyl sites for hydroxylation is 1. The molecule has 1 fully saturated rings. The minimum atomic E-state index is -0.474. The average Bonchev–Trinajstić information content (AvgIpc) is 3.62. The number of benzene rings is 2. The second-order valence-corrected chi connectivity index (χ2v) is 10.1. The van der Waals surface area contributed by atoms with Crippen LogP contribution in [0.3, 0.4) is 0 Å². The number of aromatic nitrogens is 4. The van der Waals surface area contributed by atoms with E-state index in [0.717, 1.165) is 28.1 Å². The van der Waals surface area contributed by atoms with E-state index < -0.39 is 5.82 Å². The molecule has 2 atom stereocenters. The third-order valence-electron chi connectivity index (χ3n) is 7.03. The van der Waals surface area contributed by atoms with Crippen LogP contribution in [0, 0.1) is 12.7 Å². The van der Waals surface area contributed by atoms with Gasteiger partial charge in [-0.1, -0.05) is 35.9 Å². The van der Waals surface area contributed by atoms with Crippen LogP contribution in [0.2, 0.25) is 5.02 Å². The Morgan fingerprint density at radius 1 is 1.21 bits per heavy atom. The van der Waals surface area contributed by atoms with Crippen molar-refractivity contribution < 1.29 is 13.9 Å². The van der Waals surface area contributed by atoms with Gasteiger partial charge in [0, 0.05) is 57.0 Å². The zero-order valence-corrected chi connectivity index (χ0v) is 22.8. The van der Waals surface area contributed by atoms with Gasteiger partial charge in [0.2, 0.25) is 0 Å². The molecule has 4 aromatic rings. The zero-order chi connectivity index (χ0) is 27.5. The lowest BCUT2D eigenvalue weighted by molar-refractivity contribution is 0.159. The summed E-state index contributed by atoms with van der Waals surface area (Å²) in [5, 5.41) is 15.3. The van der Waals surface area contributed by atoms with Gasteiger partial charge in [0.1, 0.15) is 17.3 Å². The number of rotatable bonds is 8. The average molecular weight is 552 g/mol. The van der Waals surface area contributed by atoms with Crippen LogP contribution >= 0.6 is 11.6 Å². The van der Waals surface area contributed by atoms with Crippen molar-refractivity contribution in [3.05, 3.63) is 82.9 Å². The highest BCUT2D eigenvalue weighted by Gasteiger charge is 2.35. The third kappa shape index (κ3) is 5.83. The Balaban J connectivity index is 1.42. The molecule has 0 saturated carbocycles. The molecule has 1 aliphatic rings. The molecule has 39 heavy (non-hydrogen) atoms. The van der Waals surface area contributed by atoms with Gasteiger partial charge >= 0.3 is 6.03 Å². The minimum Gasteiger partial charge on any atom is -0.383 e. The summed E-state index contributed by atoms with van der Waals surface area (Å²) in [6.07, 6.45) is 3.63. The molecule has 2 amide bonds. The van der Waals surface area contributed by atoms with E-state index in [9.17, 15) is 9.18 Å². The third-order valence-corrected chi connectivity index (χ3v) is 7.34. The highest BCUT2D eigenvalue weighted by atomic mass is 35.5. The summed E-state index contributed by atoms with van der Waals surface area (Å²) in [6, 6.07) is 13.8. The quantitative estimate of drug-likeness (QED) is 0.334. The second-order valence-electron chi connectivity index (χ2n) is 9.71. The van der Waals surface area contributed by atoms with Gasteiger partial charge < -0.3 is 10.1 Å². The van der Waals surface area contributed by atoms with Gasteiger partial charge in [0.25, 0.3) is 0 Å². The normalized spacial score (nSPS) is 17.5. The van der Waals surface area contributed by atoms with Crippen molar-refractivity contribution in [2.75, 3.05) is 38.7 Å². The number of carbonyl (C=O) groups is 1. The Morgan fingerprint density at radius 3 is 2.69 bits per heavy atom. The summed E-state index contributed by atoms with van der Waals surface area (Å²) >= 11 is 5.93. The van der Waals surface area contributed by atoms with E-state index in [2.05, 4.69) is 20.6 Å². The molecule has 0 unspecified atom stereocenters. The van der Waals surface area contributed by atoms with E-state index in [-0.39, 0.29) is 23.0 Å². The van der Waals surface area contributed by atoms with Crippen LogP contribution in [0.5, 0.6) is 0 Å².